The van der Waals surface area contributed by atoms with Crippen LogP contribution in [0.4, 0.5) is 0 Å². The Kier molecular flexibility index (Phi) is 6.86. The predicted octanol–water partition coefficient (Wildman–Crippen LogP) is -1.02. The highest BCUT2D eigenvalue weighted by molar-refractivity contribution is 7.86. The Balaban J connectivity index is 0.00000208. The van der Waals surface area contributed by atoms with Crippen molar-refractivity contribution < 1.29 is 17.9 Å². The molecule has 0 radical (unpaired) electrons. The summed E-state index contributed by atoms with van der Waals surface area (Å²) in [4.78, 5) is 14.3. The van der Waals surface area contributed by atoms with Crippen LogP contribution in [0.15, 0.2) is 0 Å². The van der Waals surface area contributed by atoms with Gasteiger partial charge in [0.05, 0.1) is 13.2 Å². The third-order valence-electron chi connectivity index (χ3n) is 5.08. The van der Waals surface area contributed by atoms with Gasteiger partial charge < -0.3 is 15.0 Å². The molecule has 8 nitrogen and oxygen atoms in total. The van der Waals surface area contributed by atoms with E-state index in [4.69, 9.17) is 4.74 Å². The molecule has 0 saturated carbocycles. The van der Waals surface area contributed by atoms with Crippen LogP contribution in [0, 0.1) is 11.8 Å². The van der Waals surface area contributed by atoms with Crippen molar-refractivity contribution in [3.63, 3.8) is 0 Å². The van der Waals surface area contributed by atoms with Crippen molar-refractivity contribution in [1.82, 2.24) is 18.8 Å². The van der Waals surface area contributed by atoms with E-state index in [1.807, 2.05) is 11.8 Å². The van der Waals surface area contributed by atoms with E-state index >= 15 is 0 Å². The molecule has 3 saturated heterocycles. The summed E-state index contributed by atoms with van der Waals surface area (Å²) in [5.74, 6) is 0.580. The van der Waals surface area contributed by atoms with Gasteiger partial charge in [-0.3, -0.25) is 4.79 Å². The maximum absolute atomic E-state index is 12.6. The van der Waals surface area contributed by atoms with E-state index in [1.54, 1.807) is 0 Å². The van der Waals surface area contributed by atoms with Gasteiger partial charge in [0.25, 0.3) is 10.2 Å². The van der Waals surface area contributed by atoms with Crippen LogP contribution < -0.4 is 5.32 Å². The third kappa shape index (κ3) is 4.03. The molecular formula is C14H27ClN4O4S. The highest BCUT2D eigenvalue weighted by Gasteiger charge is 2.37. The molecule has 0 spiro atoms. The molecule has 0 bridgehead atoms. The molecule has 1 atom stereocenters. The number of nitrogens with zero attached hydrogens (tertiary/aromatic N) is 3. The van der Waals surface area contributed by atoms with Crippen LogP contribution in [0.5, 0.6) is 0 Å². The number of hydrogen-bond acceptors (Lipinski definition) is 5. The van der Waals surface area contributed by atoms with Crippen LogP contribution in [0.25, 0.3) is 0 Å². The van der Waals surface area contributed by atoms with Crippen LogP contribution in [-0.2, 0) is 19.7 Å². The number of nitrogens with one attached hydrogen (secondary N) is 1. The lowest BCUT2D eigenvalue weighted by atomic mass is 9.88. The minimum absolute atomic E-state index is 0. The third-order valence-corrected chi connectivity index (χ3v) is 7.12. The van der Waals surface area contributed by atoms with Crippen molar-refractivity contribution >= 4 is 28.5 Å². The Bertz CT molecular complexity index is 529. The molecule has 1 amide bonds. The molecule has 0 aromatic carbocycles. The Morgan fingerprint density at radius 1 is 1.04 bits per heavy atom. The van der Waals surface area contributed by atoms with E-state index in [0.717, 1.165) is 13.1 Å². The van der Waals surface area contributed by atoms with E-state index in [0.29, 0.717) is 58.4 Å². The Labute approximate surface area is 150 Å². The molecule has 3 rings (SSSR count). The number of morpholine rings is 1. The van der Waals surface area contributed by atoms with E-state index in [9.17, 15) is 13.2 Å². The topological polar surface area (TPSA) is 82.2 Å². The lowest BCUT2D eigenvalue weighted by Crippen LogP contribution is -2.57. The minimum atomic E-state index is -3.43. The lowest BCUT2D eigenvalue weighted by molar-refractivity contribution is -0.138. The average molecular weight is 383 g/mol. The summed E-state index contributed by atoms with van der Waals surface area (Å²) >= 11 is 0. The molecule has 10 heteroatoms. The smallest absolute Gasteiger partial charge is 0.282 e. The predicted molar refractivity (Wildman–Crippen MR) is 92.2 cm³/mol. The molecule has 140 valence electrons. The molecule has 24 heavy (non-hydrogen) atoms. The fourth-order valence-corrected chi connectivity index (χ4v) is 4.80. The average Bonchev–Trinajstić information content (AvgIpc) is 2.53. The van der Waals surface area contributed by atoms with Crippen molar-refractivity contribution in [2.45, 2.75) is 6.92 Å². The lowest BCUT2D eigenvalue weighted by Gasteiger charge is -2.40. The van der Waals surface area contributed by atoms with Gasteiger partial charge in [0.1, 0.15) is 0 Å². The SMILES string of the molecule is CC(C(=O)N1CCN(S(=O)(=O)N2CCOCC2)CC1)C1CNC1.Cl. The summed E-state index contributed by atoms with van der Waals surface area (Å²) in [5, 5.41) is 3.19. The van der Waals surface area contributed by atoms with Gasteiger partial charge in [0.2, 0.25) is 5.91 Å². The van der Waals surface area contributed by atoms with Crippen LogP contribution in [0.3, 0.4) is 0 Å². The Morgan fingerprint density at radius 3 is 2.08 bits per heavy atom. The Morgan fingerprint density at radius 2 is 1.58 bits per heavy atom. The number of carbonyl (C=O) groups excluding carboxylic acids is 1. The first-order chi connectivity index (χ1) is 11.0. The number of hydrogen-bond donors (Lipinski definition) is 1. The quantitative estimate of drug-likeness (QED) is 0.673. The monoisotopic (exact) mass is 382 g/mol. The second kappa shape index (κ2) is 8.29. The van der Waals surface area contributed by atoms with Crippen molar-refractivity contribution in [1.29, 1.82) is 0 Å². The second-order valence-corrected chi connectivity index (χ2v) is 8.38. The second-order valence-electron chi connectivity index (χ2n) is 6.45. The number of piperazine rings is 1. The van der Waals surface area contributed by atoms with E-state index in [2.05, 4.69) is 5.32 Å². The number of rotatable bonds is 4. The van der Waals surface area contributed by atoms with Gasteiger partial charge in [-0.05, 0) is 19.0 Å². The Hall–Kier alpha value is -0.450. The molecule has 3 aliphatic heterocycles. The van der Waals surface area contributed by atoms with Gasteiger partial charge in [0.15, 0.2) is 0 Å². The number of ether oxygens (including phenoxy) is 1. The number of halogens is 1. The summed E-state index contributed by atoms with van der Waals surface area (Å²) in [6, 6.07) is 0. The maximum Gasteiger partial charge on any atom is 0.282 e. The van der Waals surface area contributed by atoms with Crippen molar-refractivity contribution in [2.24, 2.45) is 11.8 Å². The summed E-state index contributed by atoms with van der Waals surface area (Å²) < 4.78 is 33.4. The molecule has 0 aromatic rings. The van der Waals surface area contributed by atoms with E-state index in [-0.39, 0.29) is 24.2 Å². The normalized spacial score (nSPS) is 25.6. The largest absolute Gasteiger partial charge is 0.379 e. The molecule has 1 unspecified atom stereocenters. The summed E-state index contributed by atoms with van der Waals surface area (Å²) in [6.07, 6.45) is 0. The van der Waals surface area contributed by atoms with Gasteiger partial charge in [-0.2, -0.15) is 17.0 Å². The van der Waals surface area contributed by atoms with Crippen molar-refractivity contribution in [3.8, 4) is 0 Å². The van der Waals surface area contributed by atoms with Gasteiger partial charge >= 0.3 is 0 Å². The van der Waals surface area contributed by atoms with Crippen molar-refractivity contribution in [2.75, 3.05) is 65.6 Å². The first-order valence-electron chi connectivity index (χ1n) is 8.32. The summed E-state index contributed by atoms with van der Waals surface area (Å²) in [7, 11) is -3.43. The number of carbonyl (C=O) groups is 1. The van der Waals surface area contributed by atoms with Gasteiger partial charge in [-0.1, -0.05) is 6.92 Å². The molecule has 3 heterocycles. The zero-order valence-corrected chi connectivity index (χ0v) is 15.6. The van der Waals surface area contributed by atoms with Gasteiger partial charge in [-0.25, -0.2) is 0 Å². The van der Waals surface area contributed by atoms with Gasteiger partial charge in [0, 0.05) is 45.2 Å². The molecular weight excluding hydrogens is 356 g/mol. The highest BCUT2D eigenvalue weighted by atomic mass is 35.5. The van der Waals surface area contributed by atoms with Crippen LogP contribution >= 0.6 is 12.4 Å². The zero-order valence-electron chi connectivity index (χ0n) is 14.0. The van der Waals surface area contributed by atoms with E-state index < -0.39 is 10.2 Å². The fraction of sp³-hybridized carbons (Fsp3) is 0.929. The van der Waals surface area contributed by atoms with Crippen molar-refractivity contribution in [3.05, 3.63) is 0 Å². The van der Waals surface area contributed by atoms with Crippen LogP contribution in [0.2, 0.25) is 0 Å². The molecule has 0 aliphatic carbocycles. The van der Waals surface area contributed by atoms with Crippen LogP contribution in [-0.4, -0.2) is 93.4 Å². The highest BCUT2D eigenvalue weighted by Crippen LogP contribution is 2.20. The maximum atomic E-state index is 12.6. The van der Waals surface area contributed by atoms with Gasteiger partial charge in [-0.15, -0.1) is 12.4 Å². The fourth-order valence-electron chi connectivity index (χ4n) is 3.23. The van der Waals surface area contributed by atoms with E-state index in [1.165, 1.54) is 8.61 Å². The molecule has 3 fully saturated rings. The summed E-state index contributed by atoms with van der Waals surface area (Å²) in [6.45, 7) is 7.21. The molecule has 1 N–H and O–H groups in total. The standard InChI is InChI=1S/C14H26N4O4S.ClH/c1-12(13-10-15-11-13)14(19)16-2-4-17(5-3-16)23(20,21)18-6-8-22-9-7-18;/h12-13,15H,2-11H2,1H3;1H. The minimum Gasteiger partial charge on any atom is -0.379 e. The first kappa shape index (κ1) is 19.9. The molecule has 0 aromatic heterocycles. The summed E-state index contributed by atoms with van der Waals surface area (Å²) in [5.41, 5.74) is 0. The van der Waals surface area contributed by atoms with Crippen LogP contribution in [0.1, 0.15) is 6.92 Å². The number of amides is 1. The zero-order chi connectivity index (χ0) is 16.4. The molecule has 3 aliphatic rings. The first-order valence-corrected chi connectivity index (χ1v) is 9.72.